The Kier molecular flexibility index (Phi) is 4.78. The molecule has 0 saturated carbocycles. The molecule has 0 spiro atoms. The van der Waals surface area contributed by atoms with Crippen LogP contribution in [0.3, 0.4) is 0 Å². The predicted molar refractivity (Wildman–Crippen MR) is 62.8 cm³/mol. The van der Waals surface area contributed by atoms with Gasteiger partial charge in [-0.2, -0.15) is 0 Å². The summed E-state index contributed by atoms with van der Waals surface area (Å²) >= 11 is 0. The average molecular weight is 261 g/mol. The Bertz CT molecular complexity index is 429. The second kappa shape index (κ2) is 6.10. The van der Waals surface area contributed by atoms with E-state index in [4.69, 9.17) is 10.8 Å². The standard InChI is InChI=1S/C10H13F2N3O3/c11-10(12)6-14(3-4-16)7-1-2-9(15(17)18)8(13)5-7/h1-2,5,10,16H,3-4,6,13H2. The van der Waals surface area contributed by atoms with Crippen molar-refractivity contribution in [2.75, 3.05) is 30.3 Å². The molecule has 0 aromatic heterocycles. The van der Waals surface area contributed by atoms with E-state index in [0.717, 1.165) is 6.07 Å². The number of halogens is 2. The van der Waals surface area contributed by atoms with E-state index in [1.54, 1.807) is 0 Å². The van der Waals surface area contributed by atoms with Crippen molar-refractivity contribution in [3.63, 3.8) is 0 Å². The minimum absolute atomic E-state index is 0.00158. The molecule has 0 bridgehead atoms. The largest absolute Gasteiger partial charge is 0.395 e. The summed E-state index contributed by atoms with van der Waals surface area (Å²) in [6, 6.07) is 3.73. The fraction of sp³-hybridized carbons (Fsp3) is 0.400. The number of rotatable bonds is 6. The third-order valence-corrected chi connectivity index (χ3v) is 2.30. The molecule has 100 valence electrons. The van der Waals surface area contributed by atoms with Crippen molar-refractivity contribution in [2.45, 2.75) is 6.43 Å². The van der Waals surface area contributed by atoms with Crippen molar-refractivity contribution in [3.05, 3.63) is 28.3 Å². The highest BCUT2D eigenvalue weighted by Crippen LogP contribution is 2.27. The number of anilines is 2. The van der Waals surface area contributed by atoms with Gasteiger partial charge in [-0.05, 0) is 12.1 Å². The summed E-state index contributed by atoms with van der Waals surface area (Å²) in [5.74, 6) is 0. The Morgan fingerprint density at radius 3 is 2.61 bits per heavy atom. The van der Waals surface area contributed by atoms with E-state index in [-0.39, 0.29) is 24.5 Å². The van der Waals surface area contributed by atoms with Gasteiger partial charge in [-0.3, -0.25) is 10.1 Å². The van der Waals surface area contributed by atoms with Crippen molar-refractivity contribution < 1.29 is 18.8 Å². The number of nitrogens with two attached hydrogens (primary N) is 1. The molecule has 0 fully saturated rings. The van der Waals surface area contributed by atoms with Gasteiger partial charge in [0, 0.05) is 18.3 Å². The highest BCUT2D eigenvalue weighted by Gasteiger charge is 2.16. The maximum Gasteiger partial charge on any atom is 0.292 e. The lowest BCUT2D eigenvalue weighted by atomic mass is 10.2. The minimum atomic E-state index is -2.58. The molecule has 0 radical (unpaired) electrons. The second-order valence-electron chi connectivity index (χ2n) is 3.56. The Labute approximate surface area is 102 Å². The number of nitrogen functional groups attached to an aromatic ring is 1. The molecular weight excluding hydrogens is 248 g/mol. The minimum Gasteiger partial charge on any atom is -0.395 e. The number of hydrogen-bond acceptors (Lipinski definition) is 5. The van der Waals surface area contributed by atoms with Crippen LogP contribution >= 0.6 is 0 Å². The lowest BCUT2D eigenvalue weighted by Crippen LogP contribution is -2.31. The number of nitrogens with zero attached hydrogens (tertiary/aromatic N) is 2. The topological polar surface area (TPSA) is 92.6 Å². The molecule has 1 aromatic carbocycles. The van der Waals surface area contributed by atoms with Gasteiger partial charge in [0.2, 0.25) is 0 Å². The second-order valence-corrected chi connectivity index (χ2v) is 3.56. The van der Waals surface area contributed by atoms with Crippen LogP contribution in [0.4, 0.5) is 25.8 Å². The van der Waals surface area contributed by atoms with E-state index in [2.05, 4.69) is 0 Å². The summed E-state index contributed by atoms with van der Waals surface area (Å²) in [5.41, 5.74) is 5.40. The van der Waals surface area contributed by atoms with Crippen molar-refractivity contribution in [2.24, 2.45) is 0 Å². The average Bonchev–Trinajstić information content (AvgIpc) is 2.27. The van der Waals surface area contributed by atoms with Crippen LogP contribution in [0.15, 0.2) is 18.2 Å². The van der Waals surface area contributed by atoms with E-state index in [0.29, 0.717) is 5.69 Å². The smallest absolute Gasteiger partial charge is 0.292 e. The van der Waals surface area contributed by atoms with Gasteiger partial charge in [0.25, 0.3) is 12.1 Å². The fourth-order valence-corrected chi connectivity index (χ4v) is 1.52. The van der Waals surface area contributed by atoms with Gasteiger partial charge in [0.1, 0.15) is 5.69 Å². The van der Waals surface area contributed by atoms with Crippen LogP contribution in [0.5, 0.6) is 0 Å². The Morgan fingerprint density at radius 2 is 2.17 bits per heavy atom. The summed E-state index contributed by atoms with van der Waals surface area (Å²) < 4.78 is 24.7. The zero-order valence-corrected chi connectivity index (χ0v) is 9.42. The first-order chi connectivity index (χ1) is 8.45. The third kappa shape index (κ3) is 3.52. The van der Waals surface area contributed by atoms with Crippen molar-refractivity contribution in [3.8, 4) is 0 Å². The highest BCUT2D eigenvalue weighted by atomic mass is 19.3. The third-order valence-electron chi connectivity index (χ3n) is 2.30. The molecule has 1 aromatic rings. The predicted octanol–water partition coefficient (Wildman–Crippen LogP) is 1.24. The number of hydrogen-bond donors (Lipinski definition) is 2. The van der Waals surface area contributed by atoms with Crippen LogP contribution in [-0.4, -0.2) is 36.2 Å². The summed E-state index contributed by atoms with van der Waals surface area (Å²) in [6.07, 6.45) is -2.58. The molecule has 8 heteroatoms. The van der Waals surface area contributed by atoms with Crippen molar-refractivity contribution in [1.82, 2.24) is 0 Å². The van der Waals surface area contributed by atoms with Gasteiger partial charge < -0.3 is 15.7 Å². The number of alkyl halides is 2. The van der Waals surface area contributed by atoms with E-state index < -0.39 is 17.9 Å². The normalized spacial score (nSPS) is 10.7. The zero-order chi connectivity index (χ0) is 13.7. The zero-order valence-electron chi connectivity index (χ0n) is 9.42. The molecule has 0 atom stereocenters. The molecule has 0 saturated heterocycles. The maximum atomic E-state index is 12.3. The number of nitro groups is 1. The van der Waals surface area contributed by atoms with E-state index in [1.165, 1.54) is 17.0 Å². The van der Waals surface area contributed by atoms with Gasteiger partial charge in [-0.25, -0.2) is 8.78 Å². The lowest BCUT2D eigenvalue weighted by Gasteiger charge is -2.23. The number of nitro benzene ring substituents is 1. The summed E-state index contributed by atoms with van der Waals surface area (Å²) in [6.45, 7) is -0.872. The van der Waals surface area contributed by atoms with Crippen LogP contribution in [0, 0.1) is 10.1 Å². The Morgan fingerprint density at radius 1 is 1.50 bits per heavy atom. The summed E-state index contributed by atoms with van der Waals surface area (Å²) in [4.78, 5) is 11.1. The van der Waals surface area contributed by atoms with Crippen molar-refractivity contribution >= 4 is 17.1 Å². The Balaban J connectivity index is 2.98. The number of aliphatic hydroxyl groups is 1. The summed E-state index contributed by atoms with van der Waals surface area (Å²) in [7, 11) is 0. The SMILES string of the molecule is Nc1cc(N(CCO)CC(F)F)ccc1[N+](=O)[O-]. The van der Waals surface area contributed by atoms with Gasteiger partial charge in [-0.15, -0.1) is 0 Å². The van der Waals surface area contributed by atoms with Crippen LogP contribution in [0.25, 0.3) is 0 Å². The fourth-order valence-electron chi connectivity index (χ4n) is 1.52. The van der Waals surface area contributed by atoms with E-state index in [1.807, 2.05) is 0 Å². The van der Waals surface area contributed by atoms with Gasteiger partial charge in [-0.1, -0.05) is 0 Å². The van der Waals surface area contributed by atoms with Crippen LogP contribution in [0.1, 0.15) is 0 Å². The molecule has 18 heavy (non-hydrogen) atoms. The molecule has 1 rings (SSSR count). The maximum absolute atomic E-state index is 12.3. The van der Waals surface area contributed by atoms with Gasteiger partial charge >= 0.3 is 0 Å². The molecule has 0 unspecified atom stereocenters. The molecule has 0 aliphatic rings. The van der Waals surface area contributed by atoms with E-state index in [9.17, 15) is 18.9 Å². The molecule has 0 aliphatic heterocycles. The molecule has 0 amide bonds. The van der Waals surface area contributed by atoms with Crippen molar-refractivity contribution in [1.29, 1.82) is 0 Å². The first kappa shape index (κ1) is 14.1. The molecule has 0 aliphatic carbocycles. The van der Waals surface area contributed by atoms with Crippen LogP contribution < -0.4 is 10.6 Å². The van der Waals surface area contributed by atoms with Crippen LogP contribution in [0.2, 0.25) is 0 Å². The number of aliphatic hydroxyl groups excluding tert-OH is 1. The molecular formula is C10H13F2N3O3. The number of benzene rings is 1. The highest BCUT2D eigenvalue weighted by molar-refractivity contribution is 5.66. The van der Waals surface area contributed by atoms with Crippen LogP contribution in [-0.2, 0) is 0 Å². The first-order valence-electron chi connectivity index (χ1n) is 5.13. The molecule has 3 N–H and O–H groups in total. The summed E-state index contributed by atoms with van der Waals surface area (Å²) in [5, 5.41) is 19.4. The van der Waals surface area contributed by atoms with Gasteiger partial charge in [0.05, 0.1) is 18.1 Å². The molecule has 6 nitrogen and oxygen atoms in total. The van der Waals surface area contributed by atoms with Gasteiger partial charge in [0.15, 0.2) is 0 Å². The lowest BCUT2D eigenvalue weighted by molar-refractivity contribution is -0.383. The molecule has 0 heterocycles. The quantitative estimate of drug-likeness (QED) is 0.456. The van der Waals surface area contributed by atoms with E-state index >= 15 is 0 Å². The Hall–Kier alpha value is -1.96. The first-order valence-corrected chi connectivity index (χ1v) is 5.13. The monoisotopic (exact) mass is 261 g/mol.